The maximum absolute atomic E-state index is 10.8. The summed E-state index contributed by atoms with van der Waals surface area (Å²) in [4.78, 5) is 20.3. The molecule has 16 heteroatoms. The molecule has 0 aliphatic carbocycles. The monoisotopic (exact) mass is 696 g/mol. The third-order valence-corrected chi connectivity index (χ3v) is 6.84. The highest BCUT2D eigenvalue weighted by atomic mass is 32.1. The molecule has 15 nitrogen and oxygen atoms in total. The number of imidazole rings is 1. The van der Waals surface area contributed by atoms with Crippen LogP contribution in [0.5, 0.6) is 0 Å². The van der Waals surface area contributed by atoms with E-state index in [0.717, 1.165) is 0 Å². The van der Waals surface area contributed by atoms with Crippen LogP contribution in [0.25, 0.3) is 0 Å². The molecule has 0 aliphatic rings. The Kier molecular flexibility index (Phi) is 20.3. The highest BCUT2D eigenvalue weighted by Gasteiger charge is 1.98. The van der Waals surface area contributed by atoms with Crippen molar-refractivity contribution in [2.75, 3.05) is 0 Å². The van der Waals surface area contributed by atoms with E-state index >= 15 is 0 Å². The lowest BCUT2D eigenvalue weighted by atomic mass is 10.4. The van der Waals surface area contributed by atoms with Crippen molar-refractivity contribution in [1.29, 1.82) is 0 Å². The summed E-state index contributed by atoms with van der Waals surface area (Å²) < 4.78 is 9.30. The van der Waals surface area contributed by atoms with Gasteiger partial charge in [-0.05, 0) is 89.2 Å². The van der Waals surface area contributed by atoms with Crippen LogP contribution < -0.4 is 4.87 Å². The lowest BCUT2D eigenvalue weighted by Gasteiger charge is -2.02. The molecule has 0 N–H and O–H groups in total. The molecular formula is C33H56N14OS. The van der Waals surface area contributed by atoms with Crippen molar-refractivity contribution in [2.24, 2.45) is 0 Å². The molecule has 270 valence electrons. The van der Waals surface area contributed by atoms with Gasteiger partial charge in [0.2, 0.25) is 0 Å². The van der Waals surface area contributed by atoms with Gasteiger partial charge in [-0.15, -0.1) is 5.10 Å². The first-order valence-corrected chi connectivity index (χ1v) is 17.3. The molecule has 0 aliphatic heterocycles. The molecule has 0 spiro atoms. The van der Waals surface area contributed by atoms with Crippen LogP contribution in [-0.2, 0) is 0 Å². The number of rotatable bonds is 6. The second kappa shape index (κ2) is 23.6. The molecule has 0 unspecified atom stereocenters. The largest absolute Gasteiger partial charge is 0.335 e. The lowest BCUT2D eigenvalue weighted by Crippen LogP contribution is -2.13. The summed E-state index contributed by atoms with van der Waals surface area (Å²) in [6.45, 7) is 24.8. The SMILES string of the molecule is CC(C)n1cccn1.CC(C)n1ccnc1.CC(C)n1ccnn1.CC(C)n1ccsc1=O.CC(C)n1cncn1.CC(C)n1nccn1. The zero-order valence-electron chi connectivity index (χ0n) is 31.1. The predicted octanol–water partition coefficient (Wildman–Crippen LogP) is 7.00. The molecule has 0 radical (unpaired) electrons. The Bertz CT molecular complexity index is 1360. The minimum atomic E-state index is 0.130. The zero-order chi connectivity index (χ0) is 36.8. The highest BCUT2D eigenvalue weighted by molar-refractivity contribution is 7.07. The summed E-state index contributed by atoms with van der Waals surface area (Å²) in [6.07, 6.45) is 21.3. The topological polar surface area (TPSA) is 150 Å². The van der Waals surface area contributed by atoms with Crippen molar-refractivity contribution in [3.05, 3.63) is 95.9 Å². The molecule has 0 amide bonds. The van der Waals surface area contributed by atoms with Crippen LogP contribution >= 0.6 is 11.3 Å². The smallest absolute Gasteiger partial charge is 0.307 e. The van der Waals surface area contributed by atoms with Crippen LogP contribution in [0.4, 0.5) is 0 Å². The Balaban J connectivity index is 0.000000294. The van der Waals surface area contributed by atoms with Gasteiger partial charge < -0.3 is 9.13 Å². The van der Waals surface area contributed by atoms with Gasteiger partial charge in [0.05, 0.1) is 31.0 Å². The molecule has 6 rings (SSSR count). The molecule has 0 bridgehead atoms. The number of aromatic nitrogens is 14. The van der Waals surface area contributed by atoms with Gasteiger partial charge in [-0.3, -0.25) is 18.8 Å². The second-order valence-electron chi connectivity index (χ2n) is 12.2. The van der Waals surface area contributed by atoms with Crippen LogP contribution in [0.1, 0.15) is 119 Å². The zero-order valence-corrected chi connectivity index (χ0v) is 31.9. The van der Waals surface area contributed by atoms with Gasteiger partial charge in [0, 0.05) is 72.8 Å². The van der Waals surface area contributed by atoms with Gasteiger partial charge in [0.25, 0.3) is 0 Å². The highest BCUT2D eigenvalue weighted by Crippen LogP contribution is 2.01. The fourth-order valence-corrected chi connectivity index (χ4v) is 3.99. The maximum atomic E-state index is 10.8. The molecular weight excluding hydrogens is 641 g/mol. The average Bonchev–Trinajstić information content (AvgIpc) is 3.91. The summed E-state index contributed by atoms with van der Waals surface area (Å²) in [5.41, 5.74) is 0. The third-order valence-electron chi connectivity index (χ3n) is 6.17. The Morgan fingerprint density at radius 3 is 1.45 bits per heavy atom. The minimum absolute atomic E-state index is 0.130. The average molecular weight is 697 g/mol. The molecule has 0 atom stereocenters. The van der Waals surface area contributed by atoms with Crippen LogP contribution in [0.2, 0.25) is 0 Å². The predicted molar refractivity (Wildman–Crippen MR) is 195 cm³/mol. The summed E-state index contributed by atoms with van der Waals surface area (Å²) >= 11 is 1.24. The molecule has 0 saturated carbocycles. The fourth-order valence-electron chi connectivity index (χ4n) is 3.29. The number of thiazole rings is 1. The first kappa shape index (κ1) is 42.3. The molecule has 6 heterocycles. The lowest BCUT2D eigenvalue weighted by molar-refractivity contribution is 0.466. The van der Waals surface area contributed by atoms with Gasteiger partial charge in [-0.25, -0.2) is 9.97 Å². The van der Waals surface area contributed by atoms with Crippen LogP contribution in [-0.4, -0.2) is 68.7 Å². The quantitative estimate of drug-likeness (QED) is 0.179. The van der Waals surface area contributed by atoms with Gasteiger partial charge in [-0.1, -0.05) is 16.6 Å². The number of nitrogens with zero attached hydrogens (tertiary/aromatic N) is 14. The Labute approximate surface area is 294 Å². The van der Waals surface area contributed by atoms with E-state index in [1.807, 2.05) is 74.9 Å². The van der Waals surface area contributed by atoms with Gasteiger partial charge >= 0.3 is 4.87 Å². The van der Waals surface area contributed by atoms with E-state index in [9.17, 15) is 4.79 Å². The van der Waals surface area contributed by atoms with E-state index in [4.69, 9.17) is 0 Å². The Hall–Kier alpha value is -4.73. The van der Waals surface area contributed by atoms with Gasteiger partial charge in [0.15, 0.2) is 0 Å². The van der Waals surface area contributed by atoms with Crippen LogP contribution in [0, 0.1) is 0 Å². The third kappa shape index (κ3) is 17.8. The first-order chi connectivity index (χ1) is 23.2. The number of hydrogen-bond acceptors (Lipinski definition) is 10. The van der Waals surface area contributed by atoms with Crippen molar-refractivity contribution in [3.63, 3.8) is 0 Å². The molecule has 6 aromatic heterocycles. The van der Waals surface area contributed by atoms with Crippen LogP contribution in [0.3, 0.4) is 0 Å². The van der Waals surface area contributed by atoms with E-state index in [-0.39, 0.29) is 4.87 Å². The van der Waals surface area contributed by atoms with Crippen molar-refractivity contribution >= 4 is 11.3 Å². The van der Waals surface area contributed by atoms with Crippen molar-refractivity contribution < 1.29 is 0 Å². The summed E-state index contributed by atoms with van der Waals surface area (Å²) in [5.74, 6) is 0. The molecule has 0 fully saturated rings. The summed E-state index contributed by atoms with van der Waals surface area (Å²) in [6, 6.07) is 4.49. The van der Waals surface area contributed by atoms with Crippen molar-refractivity contribution in [1.82, 2.24) is 68.7 Å². The standard InChI is InChI=1S/2C6H10N2.C6H9NOS.3C5H9N3/c1-6(2)8-4-3-7-5-8;1-6(2)8-5-3-4-7-8;1-5(2)7-3-4-9-6(7)8;1-5(2)8-4-6-3-7-8;1-5(2)8-4-3-6-7-8;1-5(2)8-6-3-4-7-8/h2*3-6H,1-2H3;3-5H,1-2H3;3*3-5H,1-2H3. The Morgan fingerprint density at radius 2 is 1.20 bits per heavy atom. The van der Waals surface area contributed by atoms with Gasteiger partial charge in [0.1, 0.15) is 12.7 Å². The van der Waals surface area contributed by atoms with E-state index in [0.29, 0.717) is 36.3 Å². The first-order valence-electron chi connectivity index (χ1n) is 16.4. The molecule has 0 aromatic carbocycles. The van der Waals surface area contributed by atoms with E-state index < -0.39 is 0 Å². The minimum Gasteiger partial charge on any atom is -0.335 e. The maximum Gasteiger partial charge on any atom is 0.307 e. The van der Waals surface area contributed by atoms with E-state index in [2.05, 4.69) is 101 Å². The molecule has 49 heavy (non-hydrogen) atoms. The molecule has 0 saturated heterocycles. The Morgan fingerprint density at radius 1 is 0.551 bits per heavy atom. The second-order valence-corrected chi connectivity index (χ2v) is 13.1. The van der Waals surface area contributed by atoms with E-state index in [1.54, 1.807) is 62.4 Å². The van der Waals surface area contributed by atoms with Crippen molar-refractivity contribution in [3.8, 4) is 0 Å². The number of hydrogen-bond donors (Lipinski definition) is 0. The summed E-state index contributed by atoms with van der Waals surface area (Å²) in [7, 11) is 0. The summed E-state index contributed by atoms with van der Waals surface area (Å²) in [5, 5.41) is 25.0. The van der Waals surface area contributed by atoms with E-state index in [1.165, 1.54) is 11.3 Å². The van der Waals surface area contributed by atoms with Crippen molar-refractivity contribution in [2.45, 2.75) is 119 Å². The molecule has 6 aromatic rings. The normalized spacial score (nSPS) is 10.4. The van der Waals surface area contributed by atoms with Crippen LogP contribution in [0.15, 0.2) is 91.0 Å². The fraction of sp³-hybridized carbons (Fsp3) is 0.545. The van der Waals surface area contributed by atoms with Gasteiger partial charge in [-0.2, -0.15) is 25.2 Å².